The van der Waals surface area contributed by atoms with Crippen molar-refractivity contribution in [1.82, 2.24) is 9.97 Å². The van der Waals surface area contributed by atoms with Gasteiger partial charge in [0.25, 0.3) is 0 Å². The van der Waals surface area contributed by atoms with Crippen molar-refractivity contribution in [3.8, 4) is 11.1 Å². The van der Waals surface area contributed by atoms with E-state index in [1.807, 2.05) is 19.1 Å². The maximum Gasteiger partial charge on any atom is 0.347 e. The van der Waals surface area contributed by atoms with Crippen molar-refractivity contribution < 1.29 is 0 Å². The fourth-order valence-electron chi connectivity index (χ4n) is 2.11. The number of nitrogen functional groups attached to an aromatic ring is 1. The Hall–Kier alpha value is -2.10. The summed E-state index contributed by atoms with van der Waals surface area (Å²) in [4.78, 5) is 17.7. The summed E-state index contributed by atoms with van der Waals surface area (Å²) in [7, 11) is 0. The number of hydrogen-bond acceptors (Lipinski definition) is 3. The van der Waals surface area contributed by atoms with Crippen molar-refractivity contribution in [2.24, 2.45) is 0 Å². The van der Waals surface area contributed by atoms with Gasteiger partial charge in [-0.25, -0.2) is 4.79 Å². The molecule has 0 spiro atoms. The van der Waals surface area contributed by atoms with Gasteiger partial charge in [0.05, 0.1) is 0 Å². The lowest BCUT2D eigenvalue weighted by atomic mass is 9.86. The summed E-state index contributed by atoms with van der Waals surface area (Å²) < 4.78 is 0. The lowest BCUT2D eigenvalue weighted by molar-refractivity contribution is 0.590. The van der Waals surface area contributed by atoms with Gasteiger partial charge in [-0.15, -0.1) is 0 Å². The molecule has 2 rings (SSSR count). The molecule has 4 nitrogen and oxygen atoms in total. The number of aryl methyl sites for hydroxylation is 1. The highest BCUT2D eigenvalue weighted by molar-refractivity contribution is 5.75. The van der Waals surface area contributed by atoms with Crippen LogP contribution in [0.3, 0.4) is 0 Å². The predicted molar refractivity (Wildman–Crippen MR) is 78.1 cm³/mol. The number of anilines is 1. The number of rotatable bonds is 1. The van der Waals surface area contributed by atoms with Crippen molar-refractivity contribution in [3.63, 3.8) is 0 Å². The van der Waals surface area contributed by atoms with E-state index in [-0.39, 0.29) is 11.2 Å². The van der Waals surface area contributed by atoms with Crippen LogP contribution in [0.15, 0.2) is 29.1 Å². The minimum Gasteiger partial charge on any atom is -0.383 e. The highest BCUT2D eigenvalue weighted by atomic mass is 16.1. The SMILES string of the molecule is Cc1[nH]c(=O)nc(N)c1-c1ccc(C(C)(C)C)cc1. The van der Waals surface area contributed by atoms with Gasteiger partial charge in [-0.2, -0.15) is 4.98 Å². The molecule has 4 heteroatoms. The molecular formula is C15H19N3O. The Morgan fingerprint density at radius 2 is 1.74 bits per heavy atom. The number of benzene rings is 1. The zero-order valence-corrected chi connectivity index (χ0v) is 11.7. The van der Waals surface area contributed by atoms with E-state index in [9.17, 15) is 4.79 Å². The summed E-state index contributed by atoms with van der Waals surface area (Å²) in [6, 6.07) is 8.19. The maximum absolute atomic E-state index is 11.2. The van der Waals surface area contributed by atoms with Crippen LogP contribution in [0.25, 0.3) is 11.1 Å². The Labute approximate surface area is 112 Å². The van der Waals surface area contributed by atoms with E-state index < -0.39 is 5.69 Å². The van der Waals surface area contributed by atoms with E-state index >= 15 is 0 Å². The molecule has 0 amide bonds. The van der Waals surface area contributed by atoms with Gasteiger partial charge in [0.15, 0.2) is 0 Å². The zero-order chi connectivity index (χ0) is 14.2. The monoisotopic (exact) mass is 257 g/mol. The summed E-state index contributed by atoms with van der Waals surface area (Å²) >= 11 is 0. The topological polar surface area (TPSA) is 71.8 Å². The van der Waals surface area contributed by atoms with Crippen LogP contribution in [-0.2, 0) is 5.41 Å². The second kappa shape index (κ2) is 4.53. The molecule has 0 aliphatic heterocycles. The number of nitrogens with one attached hydrogen (secondary N) is 1. The van der Waals surface area contributed by atoms with Crippen LogP contribution >= 0.6 is 0 Å². The summed E-state index contributed by atoms with van der Waals surface area (Å²) in [5.41, 5.74) is 9.30. The fourth-order valence-corrected chi connectivity index (χ4v) is 2.11. The van der Waals surface area contributed by atoms with Crippen molar-refractivity contribution >= 4 is 5.82 Å². The molecule has 2 aromatic rings. The van der Waals surface area contributed by atoms with E-state index in [4.69, 9.17) is 5.73 Å². The minimum absolute atomic E-state index is 0.113. The molecule has 19 heavy (non-hydrogen) atoms. The van der Waals surface area contributed by atoms with E-state index in [0.29, 0.717) is 0 Å². The molecule has 0 saturated heterocycles. The Morgan fingerprint density at radius 3 is 2.21 bits per heavy atom. The van der Waals surface area contributed by atoms with Crippen LogP contribution in [0.1, 0.15) is 32.0 Å². The first kappa shape index (κ1) is 13.3. The lowest BCUT2D eigenvalue weighted by Crippen LogP contribution is -2.15. The number of aromatic amines is 1. The average Bonchev–Trinajstić information content (AvgIpc) is 2.27. The molecule has 0 aliphatic rings. The molecule has 1 aromatic heterocycles. The standard InChI is InChI=1S/C15H19N3O/c1-9-12(13(16)18-14(19)17-9)10-5-7-11(8-6-10)15(2,3)4/h5-8H,1-4H3,(H3,16,17,18,19). The first-order chi connectivity index (χ1) is 8.79. The van der Waals surface area contributed by atoms with Crippen LogP contribution in [0.4, 0.5) is 5.82 Å². The van der Waals surface area contributed by atoms with Gasteiger partial charge in [0.2, 0.25) is 0 Å². The molecule has 1 heterocycles. The third-order valence-corrected chi connectivity index (χ3v) is 3.19. The Balaban J connectivity index is 2.52. The normalized spacial score (nSPS) is 11.6. The molecule has 0 atom stereocenters. The summed E-state index contributed by atoms with van der Waals surface area (Å²) in [6.45, 7) is 8.34. The molecule has 3 N–H and O–H groups in total. The average molecular weight is 257 g/mol. The van der Waals surface area contributed by atoms with Crippen LogP contribution < -0.4 is 11.4 Å². The first-order valence-electron chi connectivity index (χ1n) is 6.26. The molecule has 0 radical (unpaired) electrons. The van der Waals surface area contributed by atoms with Crippen LogP contribution in [0, 0.1) is 6.92 Å². The van der Waals surface area contributed by atoms with Crippen LogP contribution in [0.5, 0.6) is 0 Å². The highest BCUT2D eigenvalue weighted by Gasteiger charge is 2.14. The van der Waals surface area contributed by atoms with E-state index in [2.05, 4.69) is 42.9 Å². The van der Waals surface area contributed by atoms with Gasteiger partial charge < -0.3 is 10.7 Å². The summed E-state index contributed by atoms with van der Waals surface area (Å²) in [5, 5.41) is 0. The molecule has 0 unspecified atom stereocenters. The van der Waals surface area contributed by atoms with Crippen molar-refractivity contribution in [1.29, 1.82) is 0 Å². The van der Waals surface area contributed by atoms with E-state index in [1.54, 1.807) is 0 Å². The number of aromatic nitrogens is 2. The molecule has 0 saturated carbocycles. The quantitative estimate of drug-likeness (QED) is 0.825. The van der Waals surface area contributed by atoms with Crippen molar-refractivity contribution in [2.45, 2.75) is 33.1 Å². The number of hydrogen-bond donors (Lipinski definition) is 2. The maximum atomic E-state index is 11.2. The second-order valence-electron chi connectivity index (χ2n) is 5.75. The minimum atomic E-state index is -0.412. The first-order valence-corrected chi connectivity index (χ1v) is 6.26. The summed E-state index contributed by atoms with van der Waals surface area (Å²) in [5.74, 6) is 0.268. The van der Waals surface area contributed by atoms with Crippen molar-refractivity contribution in [3.05, 3.63) is 46.0 Å². The van der Waals surface area contributed by atoms with Crippen LogP contribution in [0.2, 0.25) is 0 Å². The third-order valence-electron chi connectivity index (χ3n) is 3.19. The molecule has 0 bridgehead atoms. The van der Waals surface area contributed by atoms with E-state index in [1.165, 1.54) is 5.56 Å². The van der Waals surface area contributed by atoms with E-state index in [0.717, 1.165) is 16.8 Å². The van der Waals surface area contributed by atoms with Gasteiger partial charge in [0, 0.05) is 11.3 Å². The second-order valence-corrected chi connectivity index (χ2v) is 5.75. The highest BCUT2D eigenvalue weighted by Crippen LogP contribution is 2.29. The Morgan fingerprint density at radius 1 is 1.16 bits per heavy atom. The van der Waals surface area contributed by atoms with Gasteiger partial charge in [0.1, 0.15) is 5.82 Å². The van der Waals surface area contributed by atoms with Gasteiger partial charge in [-0.3, -0.25) is 0 Å². The number of nitrogens with two attached hydrogens (primary N) is 1. The van der Waals surface area contributed by atoms with Crippen molar-refractivity contribution in [2.75, 3.05) is 5.73 Å². The Bertz CT molecular complexity index is 622. The van der Waals surface area contributed by atoms with Crippen LogP contribution in [-0.4, -0.2) is 9.97 Å². The zero-order valence-electron chi connectivity index (χ0n) is 11.7. The molecule has 100 valence electrons. The molecule has 1 aromatic carbocycles. The predicted octanol–water partition coefficient (Wildman–Crippen LogP) is 2.63. The number of nitrogens with zero attached hydrogens (tertiary/aromatic N) is 1. The third kappa shape index (κ3) is 2.67. The summed E-state index contributed by atoms with van der Waals surface area (Å²) in [6.07, 6.45) is 0. The van der Waals surface area contributed by atoms with Gasteiger partial charge in [-0.1, -0.05) is 45.0 Å². The van der Waals surface area contributed by atoms with Gasteiger partial charge in [-0.05, 0) is 23.5 Å². The fraction of sp³-hybridized carbons (Fsp3) is 0.333. The molecule has 0 aliphatic carbocycles. The van der Waals surface area contributed by atoms with Gasteiger partial charge >= 0.3 is 5.69 Å². The Kier molecular flexibility index (Phi) is 3.18. The largest absolute Gasteiger partial charge is 0.383 e. The molecular weight excluding hydrogens is 238 g/mol. The molecule has 0 fully saturated rings. The smallest absolute Gasteiger partial charge is 0.347 e. The lowest BCUT2D eigenvalue weighted by Gasteiger charge is -2.19. The number of H-pyrrole nitrogens is 1.